The Morgan fingerprint density at radius 3 is 2.15 bits per heavy atom. The first-order valence-corrected chi connectivity index (χ1v) is 7.50. The number of Topliss-reactive ketones (excluding diaryl/α,β-unsaturated/α-hetero) is 2. The molecule has 7 heteroatoms. The zero-order valence-electron chi connectivity index (χ0n) is 14.4. The molecule has 0 radical (unpaired) electrons. The van der Waals surface area contributed by atoms with Crippen LogP contribution in [0.5, 0.6) is 0 Å². The Bertz CT molecular complexity index is 821. The molecule has 136 valence electrons. The number of amides is 1. The molecule has 0 aromatic heterocycles. The quantitative estimate of drug-likeness (QED) is 0.612. The van der Waals surface area contributed by atoms with Gasteiger partial charge >= 0.3 is 0 Å². The van der Waals surface area contributed by atoms with Crippen LogP contribution >= 0.6 is 0 Å². The second kappa shape index (κ2) is 8.89. The SMILES string of the molecule is CC(=O)C#CC#Cc1ccc(C(=O)N[C@H](C(C)=O)[C@](C)(O)C(F)F)cc1. The average molecular weight is 361 g/mol. The second-order valence-electron chi connectivity index (χ2n) is 5.68. The first-order valence-electron chi connectivity index (χ1n) is 7.50. The molecule has 0 heterocycles. The van der Waals surface area contributed by atoms with Crippen molar-refractivity contribution in [2.45, 2.75) is 38.8 Å². The molecule has 1 rings (SSSR count). The third-order valence-corrected chi connectivity index (χ3v) is 3.36. The summed E-state index contributed by atoms with van der Waals surface area (Å²) in [6, 6.07) is 3.99. The number of rotatable bonds is 5. The van der Waals surface area contributed by atoms with Gasteiger partial charge in [-0.2, -0.15) is 0 Å². The van der Waals surface area contributed by atoms with E-state index in [9.17, 15) is 28.3 Å². The van der Waals surface area contributed by atoms with Gasteiger partial charge in [-0.3, -0.25) is 14.4 Å². The summed E-state index contributed by atoms with van der Waals surface area (Å²) < 4.78 is 25.9. The van der Waals surface area contributed by atoms with E-state index in [-0.39, 0.29) is 11.3 Å². The lowest BCUT2D eigenvalue weighted by atomic mass is 9.93. The van der Waals surface area contributed by atoms with E-state index in [1.807, 2.05) is 0 Å². The lowest BCUT2D eigenvalue weighted by Gasteiger charge is -2.30. The fraction of sp³-hybridized carbons (Fsp3) is 0.316. The summed E-state index contributed by atoms with van der Waals surface area (Å²) in [6.45, 7) is 3.09. The molecule has 0 spiro atoms. The summed E-state index contributed by atoms with van der Waals surface area (Å²) >= 11 is 0. The van der Waals surface area contributed by atoms with Gasteiger partial charge in [0.1, 0.15) is 11.6 Å². The highest BCUT2D eigenvalue weighted by Gasteiger charge is 2.44. The number of ketones is 2. The smallest absolute Gasteiger partial charge is 0.269 e. The van der Waals surface area contributed by atoms with Crippen LogP contribution in [0.1, 0.15) is 36.7 Å². The number of carbonyl (C=O) groups excluding carboxylic acids is 3. The summed E-state index contributed by atoms with van der Waals surface area (Å²) in [5.74, 6) is 7.85. The molecule has 2 N–H and O–H groups in total. The molecule has 0 fully saturated rings. The van der Waals surface area contributed by atoms with E-state index in [1.165, 1.54) is 31.2 Å². The van der Waals surface area contributed by atoms with E-state index >= 15 is 0 Å². The molecule has 0 aliphatic rings. The first-order chi connectivity index (χ1) is 12.1. The number of carbonyl (C=O) groups is 3. The summed E-state index contributed by atoms with van der Waals surface area (Å²) in [4.78, 5) is 34.4. The van der Waals surface area contributed by atoms with Gasteiger partial charge in [0.2, 0.25) is 5.78 Å². The Labute approximate surface area is 149 Å². The monoisotopic (exact) mass is 361 g/mol. The van der Waals surface area contributed by atoms with E-state index in [2.05, 4.69) is 29.0 Å². The van der Waals surface area contributed by atoms with E-state index < -0.39 is 29.8 Å². The number of aliphatic hydroxyl groups is 1. The number of hydrogen-bond acceptors (Lipinski definition) is 4. The van der Waals surface area contributed by atoms with Crippen molar-refractivity contribution in [3.05, 3.63) is 35.4 Å². The molecule has 0 aliphatic carbocycles. The van der Waals surface area contributed by atoms with Gasteiger partial charge in [-0.05, 0) is 55.9 Å². The molecule has 1 aromatic carbocycles. The van der Waals surface area contributed by atoms with Crippen LogP contribution in [0, 0.1) is 23.7 Å². The van der Waals surface area contributed by atoms with Gasteiger partial charge in [0.25, 0.3) is 12.3 Å². The Morgan fingerprint density at radius 2 is 1.69 bits per heavy atom. The van der Waals surface area contributed by atoms with E-state index in [0.717, 1.165) is 13.8 Å². The van der Waals surface area contributed by atoms with Gasteiger partial charge < -0.3 is 10.4 Å². The van der Waals surface area contributed by atoms with Gasteiger partial charge in [0.05, 0.1) is 0 Å². The topological polar surface area (TPSA) is 83.5 Å². The lowest BCUT2D eigenvalue weighted by molar-refractivity contribution is -0.138. The van der Waals surface area contributed by atoms with Crippen molar-refractivity contribution in [3.8, 4) is 23.7 Å². The van der Waals surface area contributed by atoms with Crippen molar-refractivity contribution in [2.75, 3.05) is 0 Å². The van der Waals surface area contributed by atoms with E-state index in [4.69, 9.17) is 0 Å². The molecular weight excluding hydrogens is 344 g/mol. The number of hydrogen-bond donors (Lipinski definition) is 2. The van der Waals surface area contributed by atoms with Crippen LogP contribution < -0.4 is 5.32 Å². The van der Waals surface area contributed by atoms with Crippen LogP contribution in [0.15, 0.2) is 24.3 Å². The van der Waals surface area contributed by atoms with Crippen molar-refractivity contribution in [3.63, 3.8) is 0 Å². The van der Waals surface area contributed by atoms with Crippen LogP contribution in [0.4, 0.5) is 8.78 Å². The predicted molar refractivity (Wildman–Crippen MR) is 90.3 cm³/mol. The molecular formula is C19H17F2NO4. The molecule has 0 saturated heterocycles. The highest BCUT2D eigenvalue weighted by atomic mass is 19.3. The number of benzene rings is 1. The summed E-state index contributed by atoms with van der Waals surface area (Å²) in [5, 5.41) is 11.9. The average Bonchev–Trinajstić information content (AvgIpc) is 2.56. The number of alkyl halides is 2. The van der Waals surface area contributed by atoms with Crippen LogP contribution in [0.2, 0.25) is 0 Å². The highest BCUT2D eigenvalue weighted by molar-refractivity contribution is 5.98. The fourth-order valence-electron chi connectivity index (χ4n) is 1.93. The van der Waals surface area contributed by atoms with E-state index in [0.29, 0.717) is 5.56 Å². The van der Waals surface area contributed by atoms with Crippen LogP contribution in [-0.2, 0) is 9.59 Å². The Hall–Kier alpha value is -3.03. The molecule has 26 heavy (non-hydrogen) atoms. The minimum absolute atomic E-state index is 0.0988. The molecule has 0 unspecified atom stereocenters. The maximum atomic E-state index is 12.9. The standard InChI is InChI=1S/C19H17F2NO4/c1-12(23)6-4-5-7-14-8-10-15(11-9-14)17(25)22-16(13(2)24)19(3,26)18(20)21/h8-11,16,18,26H,1-3H3,(H,22,25)/t16-,19+/m1/s1. The highest BCUT2D eigenvalue weighted by Crippen LogP contribution is 2.20. The molecule has 0 saturated carbocycles. The first kappa shape index (κ1) is 21.0. The maximum Gasteiger partial charge on any atom is 0.269 e. The molecule has 5 nitrogen and oxygen atoms in total. The zero-order valence-corrected chi connectivity index (χ0v) is 14.4. The minimum Gasteiger partial charge on any atom is -0.382 e. The zero-order chi connectivity index (χ0) is 19.9. The van der Waals surface area contributed by atoms with Crippen LogP contribution in [0.25, 0.3) is 0 Å². The summed E-state index contributed by atoms with van der Waals surface area (Å²) in [5.41, 5.74) is -2.08. The van der Waals surface area contributed by atoms with Gasteiger partial charge in [0, 0.05) is 18.1 Å². The predicted octanol–water partition coefficient (Wildman–Crippen LogP) is 1.33. The summed E-state index contributed by atoms with van der Waals surface area (Å²) in [7, 11) is 0. The fourth-order valence-corrected chi connectivity index (χ4v) is 1.93. The Balaban J connectivity index is 2.92. The van der Waals surface area contributed by atoms with Crippen molar-refractivity contribution in [1.29, 1.82) is 0 Å². The van der Waals surface area contributed by atoms with Crippen molar-refractivity contribution in [2.24, 2.45) is 0 Å². The Morgan fingerprint density at radius 1 is 1.12 bits per heavy atom. The van der Waals surface area contributed by atoms with Gasteiger partial charge in [0.15, 0.2) is 5.78 Å². The second-order valence-corrected chi connectivity index (χ2v) is 5.68. The number of nitrogens with one attached hydrogen (secondary N) is 1. The van der Waals surface area contributed by atoms with Crippen molar-refractivity contribution < 1.29 is 28.3 Å². The maximum absolute atomic E-state index is 12.9. The molecule has 0 bridgehead atoms. The normalized spacial score (nSPS) is 13.3. The van der Waals surface area contributed by atoms with Gasteiger partial charge in [-0.25, -0.2) is 8.78 Å². The molecule has 2 atom stereocenters. The van der Waals surface area contributed by atoms with Crippen molar-refractivity contribution >= 4 is 17.5 Å². The van der Waals surface area contributed by atoms with Gasteiger partial charge in [-0.1, -0.05) is 5.92 Å². The van der Waals surface area contributed by atoms with Crippen LogP contribution in [0.3, 0.4) is 0 Å². The molecule has 0 aliphatic heterocycles. The third kappa shape index (κ3) is 5.80. The van der Waals surface area contributed by atoms with Crippen LogP contribution in [-0.4, -0.2) is 40.6 Å². The largest absolute Gasteiger partial charge is 0.382 e. The van der Waals surface area contributed by atoms with E-state index in [1.54, 1.807) is 0 Å². The van der Waals surface area contributed by atoms with Crippen molar-refractivity contribution in [1.82, 2.24) is 5.32 Å². The summed E-state index contributed by atoms with van der Waals surface area (Å²) in [6.07, 6.45) is -3.22. The lowest BCUT2D eigenvalue weighted by Crippen LogP contribution is -2.58. The third-order valence-electron chi connectivity index (χ3n) is 3.36. The Kier molecular flexibility index (Phi) is 7.18. The number of halogens is 2. The van der Waals surface area contributed by atoms with Gasteiger partial charge in [-0.15, -0.1) is 0 Å². The molecule has 1 amide bonds. The minimum atomic E-state index is -3.22. The molecule has 1 aromatic rings.